The topological polar surface area (TPSA) is 37.8 Å². The summed E-state index contributed by atoms with van der Waals surface area (Å²) in [7, 11) is 0. The van der Waals surface area contributed by atoms with Gasteiger partial charge in [-0.1, -0.05) is 31.9 Å². The number of halogens is 1. The van der Waals surface area contributed by atoms with Crippen LogP contribution < -0.4 is 5.32 Å². The lowest BCUT2D eigenvalue weighted by Crippen LogP contribution is -2.17. The first-order chi connectivity index (χ1) is 9.24. The minimum atomic E-state index is 0.306. The second kappa shape index (κ2) is 5.33. The largest absolute Gasteiger partial charge is 0.369 e. The van der Waals surface area contributed by atoms with Crippen LogP contribution in [-0.4, -0.2) is 16.5 Å². The SMILES string of the molecule is CC1CCCC1CNc1nc(Cl)nc2ccccc12. The zero-order valence-electron chi connectivity index (χ0n) is 11.1. The third kappa shape index (κ3) is 2.66. The Morgan fingerprint density at radius 3 is 2.89 bits per heavy atom. The normalized spacial score (nSPS) is 22.8. The number of nitrogens with one attached hydrogen (secondary N) is 1. The van der Waals surface area contributed by atoms with E-state index in [1.54, 1.807) is 0 Å². The van der Waals surface area contributed by atoms with Gasteiger partial charge in [-0.15, -0.1) is 0 Å². The number of rotatable bonds is 3. The molecule has 0 saturated heterocycles. The van der Waals surface area contributed by atoms with E-state index in [2.05, 4.69) is 22.2 Å². The summed E-state index contributed by atoms with van der Waals surface area (Å²) in [6.45, 7) is 3.31. The molecule has 0 bridgehead atoms. The lowest BCUT2D eigenvalue weighted by molar-refractivity contribution is 0.439. The fraction of sp³-hybridized carbons (Fsp3) is 0.467. The number of nitrogens with zero attached hydrogens (tertiary/aromatic N) is 2. The number of hydrogen-bond acceptors (Lipinski definition) is 3. The van der Waals surface area contributed by atoms with Gasteiger partial charge < -0.3 is 5.32 Å². The van der Waals surface area contributed by atoms with Crippen molar-refractivity contribution in [2.24, 2.45) is 11.8 Å². The van der Waals surface area contributed by atoms with Gasteiger partial charge in [-0.25, -0.2) is 9.97 Å². The van der Waals surface area contributed by atoms with Crippen LogP contribution >= 0.6 is 11.6 Å². The van der Waals surface area contributed by atoms with Gasteiger partial charge in [0.1, 0.15) is 5.82 Å². The summed E-state index contributed by atoms with van der Waals surface area (Å²) < 4.78 is 0. The van der Waals surface area contributed by atoms with Crippen LogP contribution in [0.4, 0.5) is 5.82 Å². The van der Waals surface area contributed by atoms with Crippen molar-refractivity contribution in [1.29, 1.82) is 0 Å². The molecule has 1 fully saturated rings. The molecule has 1 aliphatic carbocycles. The van der Waals surface area contributed by atoms with E-state index in [9.17, 15) is 0 Å². The summed E-state index contributed by atoms with van der Waals surface area (Å²) in [5.74, 6) is 2.40. The van der Waals surface area contributed by atoms with Gasteiger partial charge in [0.2, 0.25) is 5.28 Å². The molecule has 0 amide bonds. The van der Waals surface area contributed by atoms with Gasteiger partial charge in [0, 0.05) is 11.9 Å². The Kier molecular flexibility index (Phi) is 3.56. The second-order valence-corrected chi connectivity index (χ2v) is 5.75. The molecule has 0 radical (unpaired) electrons. The van der Waals surface area contributed by atoms with Crippen LogP contribution in [0.5, 0.6) is 0 Å². The molecule has 2 aromatic rings. The summed E-state index contributed by atoms with van der Waals surface area (Å²) in [6, 6.07) is 7.97. The van der Waals surface area contributed by atoms with Crippen molar-refractivity contribution in [2.45, 2.75) is 26.2 Å². The molecule has 0 spiro atoms. The van der Waals surface area contributed by atoms with Crippen LogP contribution in [0.15, 0.2) is 24.3 Å². The monoisotopic (exact) mass is 275 g/mol. The average molecular weight is 276 g/mol. The molecule has 1 N–H and O–H groups in total. The smallest absolute Gasteiger partial charge is 0.224 e. The summed E-state index contributed by atoms with van der Waals surface area (Å²) >= 11 is 5.99. The van der Waals surface area contributed by atoms with Crippen molar-refractivity contribution in [3.05, 3.63) is 29.5 Å². The molecule has 2 atom stereocenters. The molecule has 4 heteroatoms. The standard InChI is InChI=1S/C15H18ClN3/c1-10-5-4-6-11(10)9-17-14-12-7-2-3-8-13(12)18-15(16)19-14/h2-3,7-8,10-11H,4-6,9H2,1H3,(H,17,18,19). The van der Waals surface area contributed by atoms with Crippen molar-refractivity contribution in [3.8, 4) is 0 Å². The number of fused-ring (bicyclic) bond motifs is 1. The maximum atomic E-state index is 5.99. The van der Waals surface area contributed by atoms with E-state index < -0.39 is 0 Å². The quantitative estimate of drug-likeness (QED) is 0.856. The predicted molar refractivity (Wildman–Crippen MR) is 79.5 cm³/mol. The maximum absolute atomic E-state index is 5.99. The number of anilines is 1. The van der Waals surface area contributed by atoms with Crippen molar-refractivity contribution < 1.29 is 0 Å². The van der Waals surface area contributed by atoms with Gasteiger partial charge in [0.15, 0.2) is 0 Å². The number of para-hydroxylation sites is 1. The fourth-order valence-corrected chi connectivity index (χ4v) is 3.11. The first kappa shape index (κ1) is 12.7. The highest BCUT2D eigenvalue weighted by Gasteiger charge is 2.23. The predicted octanol–water partition coefficient (Wildman–Crippen LogP) is 4.13. The molecule has 100 valence electrons. The van der Waals surface area contributed by atoms with E-state index in [0.29, 0.717) is 5.28 Å². The summed E-state index contributed by atoms with van der Waals surface area (Å²) in [4.78, 5) is 8.58. The average Bonchev–Trinajstić information content (AvgIpc) is 2.81. The molecule has 2 unspecified atom stereocenters. The van der Waals surface area contributed by atoms with Gasteiger partial charge in [0.25, 0.3) is 0 Å². The minimum absolute atomic E-state index is 0.306. The van der Waals surface area contributed by atoms with Crippen molar-refractivity contribution in [2.75, 3.05) is 11.9 Å². The van der Waals surface area contributed by atoms with E-state index in [-0.39, 0.29) is 0 Å². The third-order valence-electron chi connectivity index (χ3n) is 4.15. The number of hydrogen-bond donors (Lipinski definition) is 1. The minimum Gasteiger partial charge on any atom is -0.369 e. The molecule has 1 aromatic heterocycles. The zero-order chi connectivity index (χ0) is 13.2. The lowest BCUT2D eigenvalue weighted by Gasteiger charge is -2.17. The van der Waals surface area contributed by atoms with Crippen LogP contribution in [-0.2, 0) is 0 Å². The Labute approximate surface area is 118 Å². The van der Waals surface area contributed by atoms with Crippen molar-refractivity contribution in [3.63, 3.8) is 0 Å². The Balaban J connectivity index is 1.84. The van der Waals surface area contributed by atoms with E-state index in [4.69, 9.17) is 11.6 Å². The van der Waals surface area contributed by atoms with Crippen LogP contribution in [0.25, 0.3) is 10.9 Å². The molecule has 3 rings (SSSR count). The zero-order valence-corrected chi connectivity index (χ0v) is 11.8. The Morgan fingerprint density at radius 2 is 2.11 bits per heavy atom. The first-order valence-electron chi connectivity index (χ1n) is 6.90. The molecule has 0 aliphatic heterocycles. The van der Waals surface area contributed by atoms with E-state index in [0.717, 1.165) is 35.1 Å². The number of aromatic nitrogens is 2. The van der Waals surface area contributed by atoms with Gasteiger partial charge in [-0.3, -0.25) is 0 Å². The molecule has 3 nitrogen and oxygen atoms in total. The highest BCUT2D eigenvalue weighted by Crippen LogP contribution is 2.31. The van der Waals surface area contributed by atoms with E-state index in [1.807, 2.05) is 24.3 Å². The summed E-state index contributed by atoms with van der Waals surface area (Å²) in [5, 5.41) is 4.81. The molecular weight excluding hydrogens is 258 g/mol. The summed E-state index contributed by atoms with van der Waals surface area (Å²) in [5.41, 5.74) is 0.893. The van der Waals surface area contributed by atoms with E-state index >= 15 is 0 Å². The lowest BCUT2D eigenvalue weighted by atomic mass is 9.98. The van der Waals surface area contributed by atoms with Gasteiger partial charge in [-0.2, -0.15) is 0 Å². The van der Waals surface area contributed by atoms with Crippen molar-refractivity contribution >= 4 is 28.3 Å². The van der Waals surface area contributed by atoms with Crippen LogP contribution in [0, 0.1) is 11.8 Å². The van der Waals surface area contributed by atoms with Gasteiger partial charge >= 0.3 is 0 Å². The fourth-order valence-electron chi connectivity index (χ4n) is 2.94. The van der Waals surface area contributed by atoms with Crippen molar-refractivity contribution in [1.82, 2.24) is 9.97 Å². The molecule has 1 heterocycles. The van der Waals surface area contributed by atoms with E-state index in [1.165, 1.54) is 19.3 Å². The first-order valence-corrected chi connectivity index (χ1v) is 7.28. The Bertz CT molecular complexity index is 585. The molecule has 1 aliphatic rings. The molecule has 1 aromatic carbocycles. The van der Waals surface area contributed by atoms with Crippen LogP contribution in [0.2, 0.25) is 5.28 Å². The molecule has 19 heavy (non-hydrogen) atoms. The van der Waals surface area contributed by atoms with Crippen LogP contribution in [0.1, 0.15) is 26.2 Å². The Hall–Kier alpha value is -1.35. The highest BCUT2D eigenvalue weighted by atomic mass is 35.5. The highest BCUT2D eigenvalue weighted by molar-refractivity contribution is 6.28. The van der Waals surface area contributed by atoms with Gasteiger partial charge in [-0.05, 0) is 42.0 Å². The Morgan fingerprint density at radius 1 is 1.26 bits per heavy atom. The maximum Gasteiger partial charge on any atom is 0.224 e. The number of benzene rings is 1. The summed E-state index contributed by atoms with van der Waals surface area (Å²) in [6.07, 6.45) is 4.00. The van der Waals surface area contributed by atoms with Crippen LogP contribution in [0.3, 0.4) is 0 Å². The van der Waals surface area contributed by atoms with Gasteiger partial charge in [0.05, 0.1) is 5.52 Å². The second-order valence-electron chi connectivity index (χ2n) is 5.41. The molecule has 1 saturated carbocycles. The third-order valence-corrected chi connectivity index (χ3v) is 4.32. The molecular formula is C15H18ClN3.